The van der Waals surface area contributed by atoms with Crippen molar-refractivity contribution in [1.29, 1.82) is 0 Å². The van der Waals surface area contributed by atoms with Crippen molar-refractivity contribution in [1.82, 2.24) is 14.3 Å². The predicted molar refractivity (Wildman–Crippen MR) is 139 cm³/mol. The van der Waals surface area contributed by atoms with E-state index < -0.39 is 10.0 Å². The molecule has 9 nitrogen and oxygen atoms in total. The number of hydrogen-bond acceptors (Lipinski definition) is 8. The SMILES string of the molecule is COc1cc2nc(N3CCN(S(=O)(=O)c4ccc5ccccc5c4)CC3)nc(N)c2cc1OC.Cl. The highest BCUT2D eigenvalue weighted by molar-refractivity contribution is 7.89. The van der Waals surface area contributed by atoms with Crippen LogP contribution < -0.4 is 20.1 Å². The van der Waals surface area contributed by atoms with Crippen LogP contribution in [0.5, 0.6) is 11.5 Å². The van der Waals surface area contributed by atoms with Gasteiger partial charge in [0.25, 0.3) is 0 Å². The molecule has 2 heterocycles. The number of halogens is 1. The van der Waals surface area contributed by atoms with Gasteiger partial charge in [0.2, 0.25) is 16.0 Å². The molecule has 4 aromatic rings. The van der Waals surface area contributed by atoms with E-state index in [1.165, 1.54) is 4.31 Å². The van der Waals surface area contributed by atoms with E-state index in [0.717, 1.165) is 10.8 Å². The summed E-state index contributed by atoms with van der Waals surface area (Å²) in [5.74, 6) is 1.88. The smallest absolute Gasteiger partial charge is 0.243 e. The zero-order valence-corrected chi connectivity index (χ0v) is 21.0. The van der Waals surface area contributed by atoms with Gasteiger partial charge in [0.1, 0.15) is 5.82 Å². The highest BCUT2D eigenvalue weighted by atomic mass is 35.5. The molecule has 0 unspecified atom stereocenters. The topological polar surface area (TPSA) is 111 Å². The van der Waals surface area contributed by atoms with E-state index >= 15 is 0 Å². The van der Waals surface area contributed by atoms with Crippen LogP contribution in [0.2, 0.25) is 0 Å². The van der Waals surface area contributed by atoms with Crippen molar-refractivity contribution < 1.29 is 17.9 Å². The van der Waals surface area contributed by atoms with Crippen LogP contribution in [0.15, 0.2) is 59.5 Å². The lowest BCUT2D eigenvalue weighted by Gasteiger charge is -2.34. The van der Waals surface area contributed by atoms with Gasteiger partial charge in [-0.05, 0) is 29.0 Å². The maximum absolute atomic E-state index is 13.3. The number of sulfonamides is 1. The normalized spacial score (nSPS) is 14.6. The minimum absolute atomic E-state index is 0. The monoisotopic (exact) mass is 515 g/mol. The summed E-state index contributed by atoms with van der Waals surface area (Å²) in [6.45, 7) is 1.54. The molecule has 0 spiro atoms. The minimum Gasteiger partial charge on any atom is -0.493 e. The predicted octanol–water partition coefficient (Wildman–Crippen LogP) is 3.32. The van der Waals surface area contributed by atoms with Crippen LogP contribution in [0.3, 0.4) is 0 Å². The molecule has 1 aliphatic heterocycles. The van der Waals surface area contributed by atoms with E-state index in [1.54, 1.807) is 38.5 Å². The molecule has 0 radical (unpaired) electrons. The fraction of sp³-hybridized carbons (Fsp3) is 0.250. The number of nitrogen functional groups attached to an aromatic ring is 1. The van der Waals surface area contributed by atoms with Gasteiger partial charge >= 0.3 is 0 Å². The molecule has 1 fully saturated rings. The molecule has 11 heteroatoms. The van der Waals surface area contributed by atoms with E-state index in [0.29, 0.717) is 65.2 Å². The summed E-state index contributed by atoms with van der Waals surface area (Å²) in [5, 5.41) is 2.57. The molecular weight excluding hydrogens is 490 g/mol. The minimum atomic E-state index is -3.61. The van der Waals surface area contributed by atoms with Gasteiger partial charge in [-0.3, -0.25) is 0 Å². The molecule has 1 aromatic heterocycles. The van der Waals surface area contributed by atoms with Crippen LogP contribution in [0.4, 0.5) is 11.8 Å². The van der Waals surface area contributed by atoms with Crippen molar-refractivity contribution in [3.63, 3.8) is 0 Å². The molecule has 184 valence electrons. The molecule has 0 bridgehead atoms. The Hall–Kier alpha value is -3.34. The largest absolute Gasteiger partial charge is 0.493 e. The lowest BCUT2D eigenvalue weighted by atomic mass is 10.1. The summed E-state index contributed by atoms with van der Waals surface area (Å²) in [5.41, 5.74) is 6.85. The van der Waals surface area contributed by atoms with E-state index in [4.69, 9.17) is 15.2 Å². The Kier molecular flexibility index (Phi) is 6.88. The maximum Gasteiger partial charge on any atom is 0.243 e. The summed E-state index contributed by atoms with van der Waals surface area (Å²) in [6, 6.07) is 16.5. The summed E-state index contributed by atoms with van der Waals surface area (Å²) in [4.78, 5) is 11.4. The quantitative estimate of drug-likeness (QED) is 0.431. The van der Waals surface area contributed by atoms with Gasteiger partial charge in [0.15, 0.2) is 11.5 Å². The summed E-state index contributed by atoms with van der Waals surface area (Å²) >= 11 is 0. The van der Waals surface area contributed by atoms with Crippen LogP contribution in [0.25, 0.3) is 21.7 Å². The number of hydrogen-bond donors (Lipinski definition) is 1. The molecule has 2 N–H and O–H groups in total. The Bertz CT molecular complexity index is 1490. The molecular formula is C24H26ClN5O4S. The number of benzene rings is 3. The van der Waals surface area contributed by atoms with Gasteiger partial charge in [-0.25, -0.2) is 13.4 Å². The van der Waals surface area contributed by atoms with Crippen molar-refractivity contribution in [2.75, 3.05) is 51.0 Å². The second-order valence-corrected chi connectivity index (χ2v) is 9.97. The van der Waals surface area contributed by atoms with Crippen LogP contribution in [-0.2, 0) is 10.0 Å². The third-order valence-electron chi connectivity index (χ3n) is 6.10. The van der Waals surface area contributed by atoms with Gasteiger partial charge in [-0.2, -0.15) is 9.29 Å². The van der Waals surface area contributed by atoms with Crippen molar-refractivity contribution >= 4 is 55.9 Å². The molecule has 1 saturated heterocycles. The van der Waals surface area contributed by atoms with Crippen molar-refractivity contribution in [2.24, 2.45) is 0 Å². The molecule has 3 aromatic carbocycles. The molecule has 0 saturated carbocycles. The van der Waals surface area contributed by atoms with E-state index in [2.05, 4.69) is 9.97 Å². The van der Waals surface area contributed by atoms with E-state index in [1.807, 2.05) is 35.2 Å². The molecule has 0 aliphatic carbocycles. The van der Waals surface area contributed by atoms with Crippen LogP contribution in [-0.4, -0.2) is 63.1 Å². The Balaban J connectivity index is 0.00000289. The van der Waals surface area contributed by atoms with E-state index in [9.17, 15) is 8.42 Å². The van der Waals surface area contributed by atoms with E-state index in [-0.39, 0.29) is 12.4 Å². The third-order valence-corrected chi connectivity index (χ3v) is 7.99. The Morgan fingerprint density at radius 1 is 0.857 bits per heavy atom. The number of piperazine rings is 1. The molecule has 0 atom stereocenters. The Labute approximate surface area is 209 Å². The average molecular weight is 516 g/mol. The molecule has 5 rings (SSSR count). The second kappa shape index (κ2) is 9.73. The lowest BCUT2D eigenvalue weighted by molar-refractivity contribution is 0.356. The fourth-order valence-electron chi connectivity index (χ4n) is 4.21. The van der Waals surface area contributed by atoms with Crippen LogP contribution in [0, 0.1) is 0 Å². The Morgan fingerprint density at radius 2 is 1.51 bits per heavy atom. The van der Waals surface area contributed by atoms with Crippen LogP contribution >= 0.6 is 12.4 Å². The van der Waals surface area contributed by atoms with Gasteiger partial charge < -0.3 is 20.1 Å². The second-order valence-electron chi connectivity index (χ2n) is 8.03. The summed E-state index contributed by atoms with van der Waals surface area (Å²) < 4.78 is 38.8. The van der Waals surface area contributed by atoms with Gasteiger partial charge in [0.05, 0.1) is 24.6 Å². The highest BCUT2D eigenvalue weighted by Crippen LogP contribution is 2.34. The maximum atomic E-state index is 13.3. The van der Waals surface area contributed by atoms with Crippen molar-refractivity contribution in [3.8, 4) is 11.5 Å². The number of fused-ring (bicyclic) bond motifs is 2. The number of nitrogens with zero attached hydrogens (tertiary/aromatic N) is 4. The lowest BCUT2D eigenvalue weighted by Crippen LogP contribution is -2.49. The Morgan fingerprint density at radius 3 is 2.20 bits per heavy atom. The molecule has 1 aliphatic rings. The summed E-state index contributed by atoms with van der Waals surface area (Å²) in [7, 11) is -0.492. The van der Waals surface area contributed by atoms with Crippen LogP contribution in [0.1, 0.15) is 0 Å². The zero-order valence-electron chi connectivity index (χ0n) is 19.3. The first-order valence-electron chi connectivity index (χ1n) is 10.8. The first kappa shape index (κ1) is 24.8. The first-order valence-corrected chi connectivity index (χ1v) is 12.3. The fourth-order valence-corrected chi connectivity index (χ4v) is 5.67. The zero-order chi connectivity index (χ0) is 23.9. The van der Waals surface area contributed by atoms with Gasteiger partial charge in [-0.1, -0.05) is 30.3 Å². The number of nitrogens with two attached hydrogens (primary N) is 1. The van der Waals surface area contributed by atoms with Gasteiger partial charge in [-0.15, -0.1) is 12.4 Å². The standard InChI is InChI=1S/C24H25N5O4S.ClH/c1-32-21-14-19-20(15-22(21)33-2)26-24(27-23(19)25)28-9-11-29(12-10-28)34(30,31)18-8-7-16-5-3-4-6-17(16)13-18;/h3-8,13-15H,9-12H2,1-2H3,(H2,25,26,27);1H. The number of methoxy groups -OCH3 is 2. The van der Waals surface area contributed by atoms with Crippen molar-refractivity contribution in [3.05, 3.63) is 54.6 Å². The van der Waals surface area contributed by atoms with Gasteiger partial charge in [0, 0.05) is 37.6 Å². The average Bonchev–Trinajstić information content (AvgIpc) is 2.87. The van der Waals surface area contributed by atoms with Crippen molar-refractivity contribution in [2.45, 2.75) is 4.90 Å². The highest BCUT2D eigenvalue weighted by Gasteiger charge is 2.30. The third kappa shape index (κ3) is 4.52. The summed E-state index contributed by atoms with van der Waals surface area (Å²) in [6.07, 6.45) is 0. The first-order chi connectivity index (χ1) is 16.4. The number of anilines is 2. The number of rotatable bonds is 5. The molecule has 35 heavy (non-hydrogen) atoms. The number of aromatic nitrogens is 2. The number of ether oxygens (including phenoxy) is 2. The molecule has 0 amide bonds.